The number of halogens is 1. The molecule has 0 amide bonds. The predicted octanol–water partition coefficient (Wildman–Crippen LogP) is 5.54. The third kappa shape index (κ3) is 3.37. The molecule has 134 valence electrons. The van der Waals surface area contributed by atoms with Crippen LogP contribution in [0.25, 0.3) is 22.0 Å². The summed E-state index contributed by atoms with van der Waals surface area (Å²) in [5, 5.41) is 6.65. The lowest BCUT2D eigenvalue weighted by atomic mass is 10.0. The maximum Gasteiger partial charge on any atom is 0.100 e. The molecule has 1 N–H and O–H groups in total. The Morgan fingerprint density at radius 2 is 1.92 bits per heavy atom. The number of hydrogen-bond donors (Lipinski definition) is 1. The highest BCUT2D eigenvalue weighted by molar-refractivity contribution is 6.33. The Morgan fingerprint density at radius 1 is 1.12 bits per heavy atom. The fraction of sp³-hybridized carbons (Fsp3) is 0.238. The van der Waals surface area contributed by atoms with Crippen LogP contribution in [-0.4, -0.2) is 19.7 Å². The molecule has 0 bridgehead atoms. The van der Waals surface area contributed by atoms with Crippen molar-refractivity contribution in [3.63, 3.8) is 0 Å². The molecular formula is C21H23ClN4. The first-order valence-corrected chi connectivity index (χ1v) is 9.19. The van der Waals surface area contributed by atoms with E-state index in [1.807, 2.05) is 44.8 Å². The van der Waals surface area contributed by atoms with Crippen LogP contribution in [0.2, 0.25) is 5.02 Å². The van der Waals surface area contributed by atoms with Crippen molar-refractivity contribution in [2.45, 2.75) is 27.2 Å². The van der Waals surface area contributed by atoms with E-state index in [0.717, 1.165) is 50.4 Å². The number of rotatable bonds is 3. The first-order valence-electron chi connectivity index (χ1n) is 8.82. The van der Waals surface area contributed by atoms with Gasteiger partial charge in [0, 0.05) is 46.9 Å². The van der Waals surface area contributed by atoms with E-state index in [4.69, 9.17) is 16.7 Å². The molecule has 0 fully saturated rings. The number of aryl methyl sites for hydroxylation is 2. The number of nitrogens with one attached hydrogen (secondary N) is 1. The number of aromatic amines is 1. The van der Waals surface area contributed by atoms with Gasteiger partial charge in [0.05, 0.1) is 12.0 Å². The van der Waals surface area contributed by atoms with Crippen LogP contribution >= 0.6 is 11.6 Å². The molecule has 0 unspecified atom stereocenters. The van der Waals surface area contributed by atoms with Crippen LogP contribution in [0.5, 0.6) is 0 Å². The van der Waals surface area contributed by atoms with E-state index >= 15 is 0 Å². The number of imidazole rings is 1. The zero-order valence-corrected chi connectivity index (χ0v) is 16.3. The molecule has 0 atom stereocenters. The van der Waals surface area contributed by atoms with Crippen LogP contribution in [0.15, 0.2) is 48.9 Å². The summed E-state index contributed by atoms with van der Waals surface area (Å²) < 4.78 is 1.94. The Hall–Kier alpha value is -2.59. The molecule has 0 radical (unpaired) electrons. The highest BCUT2D eigenvalue weighted by Crippen LogP contribution is 2.34. The van der Waals surface area contributed by atoms with Crippen molar-refractivity contribution in [3.8, 4) is 11.1 Å². The van der Waals surface area contributed by atoms with Crippen molar-refractivity contribution in [1.29, 1.82) is 0 Å². The van der Waals surface area contributed by atoms with E-state index in [-0.39, 0.29) is 0 Å². The van der Waals surface area contributed by atoms with Crippen LogP contribution < -0.4 is 0 Å². The number of aromatic nitrogens is 4. The SMILES string of the molecule is CC.Cc1ccc(-c2cccc3c(Cc4cnc[nH]4)n(C)nc23)c(Cl)c1. The number of nitrogens with zero attached hydrogens (tertiary/aromatic N) is 3. The fourth-order valence-corrected chi connectivity index (χ4v) is 3.43. The van der Waals surface area contributed by atoms with E-state index in [9.17, 15) is 0 Å². The Morgan fingerprint density at radius 3 is 2.62 bits per heavy atom. The van der Waals surface area contributed by atoms with Gasteiger partial charge in [0.15, 0.2) is 0 Å². The van der Waals surface area contributed by atoms with Gasteiger partial charge in [-0.3, -0.25) is 4.68 Å². The highest BCUT2D eigenvalue weighted by Gasteiger charge is 2.15. The van der Waals surface area contributed by atoms with Gasteiger partial charge < -0.3 is 4.98 Å². The Labute approximate surface area is 158 Å². The number of H-pyrrole nitrogens is 1. The van der Waals surface area contributed by atoms with Gasteiger partial charge in [-0.1, -0.05) is 55.8 Å². The Kier molecular flexibility index (Phi) is 5.43. The van der Waals surface area contributed by atoms with Crippen molar-refractivity contribution < 1.29 is 0 Å². The average molecular weight is 367 g/mol. The second-order valence-corrected chi connectivity index (χ2v) is 6.42. The maximum absolute atomic E-state index is 6.48. The van der Waals surface area contributed by atoms with E-state index in [1.54, 1.807) is 6.33 Å². The molecule has 0 saturated carbocycles. The molecule has 2 heterocycles. The first-order chi connectivity index (χ1) is 12.6. The van der Waals surface area contributed by atoms with Gasteiger partial charge in [-0.2, -0.15) is 5.10 Å². The standard InChI is InChI=1S/C19H17ClN4.C2H6/c1-12-6-7-14(17(20)8-12)15-4-3-5-16-18(24(2)23-19(15)16)9-13-10-21-11-22-13;1-2/h3-8,10-11H,9H2,1-2H3,(H,21,22);1-2H3. The molecule has 2 aromatic heterocycles. The van der Waals surface area contributed by atoms with Crippen molar-refractivity contribution in [3.05, 3.63) is 70.9 Å². The summed E-state index contributed by atoms with van der Waals surface area (Å²) in [7, 11) is 1.98. The summed E-state index contributed by atoms with van der Waals surface area (Å²) in [6.07, 6.45) is 4.31. The molecule has 2 aromatic carbocycles. The number of fused-ring (bicyclic) bond motifs is 1. The monoisotopic (exact) mass is 366 g/mol. The largest absolute Gasteiger partial charge is 0.348 e. The van der Waals surface area contributed by atoms with Crippen LogP contribution in [0.3, 0.4) is 0 Å². The lowest BCUT2D eigenvalue weighted by Crippen LogP contribution is -1.99. The third-order valence-corrected chi connectivity index (χ3v) is 4.63. The van der Waals surface area contributed by atoms with Crippen molar-refractivity contribution >= 4 is 22.5 Å². The Bertz CT molecular complexity index is 1020. The van der Waals surface area contributed by atoms with Gasteiger partial charge in [0.2, 0.25) is 0 Å². The summed E-state index contributed by atoms with van der Waals surface area (Å²) in [5.74, 6) is 0. The topological polar surface area (TPSA) is 46.5 Å². The summed E-state index contributed by atoms with van der Waals surface area (Å²) in [4.78, 5) is 7.25. The van der Waals surface area contributed by atoms with Crippen LogP contribution in [0, 0.1) is 6.92 Å². The lowest BCUT2D eigenvalue weighted by molar-refractivity contribution is 0.732. The Balaban J connectivity index is 0.000000948. The molecular weight excluding hydrogens is 344 g/mol. The van der Waals surface area contributed by atoms with Crippen molar-refractivity contribution in [2.24, 2.45) is 7.05 Å². The normalized spacial score (nSPS) is 10.7. The predicted molar refractivity (Wildman–Crippen MR) is 109 cm³/mol. The molecule has 0 aliphatic carbocycles. The minimum absolute atomic E-state index is 0.753. The third-order valence-electron chi connectivity index (χ3n) is 4.32. The van der Waals surface area contributed by atoms with Crippen LogP contribution in [0.4, 0.5) is 0 Å². The number of hydrogen-bond acceptors (Lipinski definition) is 2. The van der Waals surface area contributed by atoms with Crippen LogP contribution in [0.1, 0.15) is 30.8 Å². The van der Waals surface area contributed by atoms with Gasteiger partial charge in [-0.25, -0.2) is 4.98 Å². The second-order valence-electron chi connectivity index (χ2n) is 6.01. The van der Waals surface area contributed by atoms with Crippen molar-refractivity contribution in [1.82, 2.24) is 19.7 Å². The zero-order chi connectivity index (χ0) is 18.7. The smallest absolute Gasteiger partial charge is 0.100 e. The highest BCUT2D eigenvalue weighted by atomic mass is 35.5. The zero-order valence-electron chi connectivity index (χ0n) is 15.5. The average Bonchev–Trinajstić information content (AvgIpc) is 3.26. The van der Waals surface area contributed by atoms with Crippen LogP contribution in [-0.2, 0) is 13.5 Å². The summed E-state index contributed by atoms with van der Waals surface area (Å²) in [6.45, 7) is 6.04. The first kappa shape index (κ1) is 18.2. The molecule has 4 rings (SSSR count). The molecule has 4 aromatic rings. The van der Waals surface area contributed by atoms with Crippen molar-refractivity contribution in [2.75, 3.05) is 0 Å². The quantitative estimate of drug-likeness (QED) is 0.517. The summed E-state index contributed by atoms with van der Waals surface area (Å²) >= 11 is 6.48. The maximum atomic E-state index is 6.48. The molecule has 0 aliphatic rings. The molecule has 0 spiro atoms. The molecule has 0 saturated heterocycles. The molecule has 0 aliphatic heterocycles. The summed E-state index contributed by atoms with van der Waals surface area (Å²) in [6, 6.07) is 12.4. The van der Waals surface area contributed by atoms with E-state index in [0.29, 0.717) is 0 Å². The lowest BCUT2D eigenvalue weighted by Gasteiger charge is -2.06. The van der Waals surface area contributed by atoms with E-state index in [2.05, 4.69) is 40.3 Å². The summed E-state index contributed by atoms with van der Waals surface area (Å²) in [5.41, 5.74) is 6.41. The number of benzene rings is 2. The molecule has 26 heavy (non-hydrogen) atoms. The van der Waals surface area contributed by atoms with E-state index < -0.39 is 0 Å². The van der Waals surface area contributed by atoms with Gasteiger partial charge in [0.25, 0.3) is 0 Å². The van der Waals surface area contributed by atoms with Gasteiger partial charge in [0.1, 0.15) is 5.52 Å². The van der Waals surface area contributed by atoms with E-state index in [1.165, 1.54) is 0 Å². The molecule has 5 heteroatoms. The van der Waals surface area contributed by atoms with Gasteiger partial charge in [-0.15, -0.1) is 0 Å². The minimum Gasteiger partial charge on any atom is -0.348 e. The van der Waals surface area contributed by atoms with Gasteiger partial charge >= 0.3 is 0 Å². The minimum atomic E-state index is 0.753. The second kappa shape index (κ2) is 7.75. The fourth-order valence-electron chi connectivity index (χ4n) is 3.10. The molecule has 4 nitrogen and oxygen atoms in total. The van der Waals surface area contributed by atoms with Gasteiger partial charge in [-0.05, 0) is 18.6 Å².